The molecule has 0 saturated carbocycles. The van der Waals surface area contributed by atoms with Crippen LogP contribution in [0.5, 0.6) is 0 Å². The summed E-state index contributed by atoms with van der Waals surface area (Å²) < 4.78 is 0. The Morgan fingerprint density at radius 2 is 2.23 bits per heavy atom. The molecule has 0 aliphatic rings. The molecule has 0 amide bonds. The third-order valence-electron chi connectivity index (χ3n) is 1.85. The summed E-state index contributed by atoms with van der Waals surface area (Å²) in [5, 5.41) is 4.02. The fourth-order valence-corrected chi connectivity index (χ4v) is 1.30. The minimum Gasteiger partial charge on any atom is -0.371 e. The molecule has 2 aromatic heterocycles. The second kappa shape index (κ2) is 2.97. The Kier molecular flexibility index (Phi) is 1.81. The van der Waals surface area contributed by atoms with E-state index in [4.69, 9.17) is 0 Å². The van der Waals surface area contributed by atoms with Crippen LogP contribution in [0.4, 0.5) is 5.82 Å². The molecule has 66 valence electrons. The predicted molar refractivity (Wildman–Crippen MR) is 51.6 cm³/mol. The molecule has 4 heteroatoms. The normalized spacial score (nSPS) is 10.3. The Morgan fingerprint density at radius 1 is 1.38 bits per heavy atom. The molecule has 0 bridgehead atoms. The molecule has 13 heavy (non-hydrogen) atoms. The van der Waals surface area contributed by atoms with Gasteiger partial charge in [-0.25, -0.2) is 15.0 Å². The monoisotopic (exact) mass is 174 g/mol. The summed E-state index contributed by atoms with van der Waals surface area (Å²) in [4.78, 5) is 12.4. The van der Waals surface area contributed by atoms with Crippen molar-refractivity contribution >= 4 is 16.7 Å². The van der Waals surface area contributed by atoms with Crippen LogP contribution in [0.15, 0.2) is 18.6 Å². The topological polar surface area (TPSA) is 50.7 Å². The van der Waals surface area contributed by atoms with E-state index >= 15 is 0 Å². The van der Waals surface area contributed by atoms with Crippen LogP contribution in [0.25, 0.3) is 10.9 Å². The molecule has 0 fully saturated rings. The van der Waals surface area contributed by atoms with Gasteiger partial charge in [-0.3, -0.25) is 0 Å². The maximum Gasteiger partial charge on any atom is 0.152 e. The first-order valence-electron chi connectivity index (χ1n) is 4.06. The first-order chi connectivity index (χ1) is 6.31. The SMILES string of the molecule is CNc1nc(C)cc2cncnc12. The molecule has 0 spiro atoms. The molecule has 0 atom stereocenters. The van der Waals surface area contributed by atoms with Gasteiger partial charge in [-0.15, -0.1) is 0 Å². The Balaban J connectivity index is 2.81. The largest absolute Gasteiger partial charge is 0.371 e. The van der Waals surface area contributed by atoms with Crippen molar-refractivity contribution < 1.29 is 0 Å². The van der Waals surface area contributed by atoms with Crippen molar-refractivity contribution in [2.75, 3.05) is 12.4 Å². The lowest BCUT2D eigenvalue weighted by Crippen LogP contribution is -1.97. The predicted octanol–water partition coefficient (Wildman–Crippen LogP) is 1.37. The molecule has 0 aliphatic heterocycles. The Hall–Kier alpha value is -1.71. The van der Waals surface area contributed by atoms with Crippen LogP contribution in [0.1, 0.15) is 5.69 Å². The first-order valence-corrected chi connectivity index (χ1v) is 4.06. The highest BCUT2D eigenvalue weighted by Gasteiger charge is 2.02. The minimum absolute atomic E-state index is 0.803. The summed E-state index contributed by atoms with van der Waals surface area (Å²) in [5.74, 6) is 0.803. The van der Waals surface area contributed by atoms with E-state index in [1.54, 1.807) is 6.20 Å². The Labute approximate surface area is 76.1 Å². The highest BCUT2D eigenvalue weighted by molar-refractivity contribution is 5.87. The van der Waals surface area contributed by atoms with Crippen LogP contribution in [0, 0.1) is 6.92 Å². The summed E-state index contributed by atoms with van der Waals surface area (Å²) in [6.07, 6.45) is 3.32. The van der Waals surface area contributed by atoms with Gasteiger partial charge in [0.15, 0.2) is 5.82 Å². The number of fused-ring (bicyclic) bond motifs is 1. The van der Waals surface area contributed by atoms with Gasteiger partial charge >= 0.3 is 0 Å². The molecule has 2 aromatic rings. The molecule has 0 aromatic carbocycles. The van der Waals surface area contributed by atoms with Gasteiger partial charge in [0.05, 0.1) is 0 Å². The maximum atomic E-state index is 4.32. The molecule has 0 radical (unpaired) electrons. The number of aryl methyl sites for hydroxylation is 1. The lowest BCUT2D eigenvalue weighted by atomic mass is 10.2. The van der Waals surface area contributed by atoms with Gasteiger partial charge in [0.2, 0.25) is 0 Å². The number of aromatic nitrogens is 3. The Bertz CT molecular complexity index is 439. The molecule has 0 unspecified atom stereocenters. The van der Waals surface area contributed by atoms with Crippen LogP contribution >= 0.6 is 0 Å². The van der Waals surface area contributed by atoms with E-state index < -0.39 is 0 Å². The average molecular weight is 174 g/mol. The highest BCUT2D eigenvalue weighted by atomic mass is 15.0. The van der Waals surface area contributed by atoms with Crippen LogP contribution in [0.2, 0.25) is 0 Å². The highest BCUT2D eigenvalue weighted by Crippen LogP contribution is 2.18. The third kappa shape index (κ3) is 1.30. The Morgan fingerprint density at radius 3 is 3.00 bits per heavy atom. The molecule has 1 N–H and O–H groups in total. The van der Waals surface area contributed by atoms with Crippen molar-refractivity contribution in [3.8, 4) is 0 Å². The van der Waals surface area contributed by atoms with Crippen molar-refractivity contribution in [2.24, 2.45) is 0 Å². The van der Waals surface area contributed by atoms with Gasteiger partial charge in [-0.05, 0) is 13.0 Å². The van der Waals surface area contributed by atoms with Gasteiger partial charge < -0.3 is 5.32 Å². The molecular weight excluding hydrogens is 164 g/mol. The minimum atomic E-state index is 0.803. The average Bonchev–Trinajstić information content (AvgIpc) is 2.16. The van der Waals surface area contributed by atoms with E-state index in [0.717, 1.165) is 22.4 Å². The summed E-state index contributed by atoms with van der Waals surface area (Å²) >= 11 is 0. The summed E-state index contributed by atoms with van der Waals surface area (Å²) in [7, 11) is 1.84. The number of pyridine rings is 1. The van der Waals surface area contributed by atoms with Gasteiger partial charge in [-0.1, -0.05) is 0 Å². The standard InChI is InChI=1S/C9H10N4/c1-6-3-7-4-11-5-12-8(7)9(10-2)13-6/h3-5H,1-2H3,(H,10,13). The van der Waals surface area contributed by atoms with Gasteiger partial charge in [0.1, 0.15) is 11.8 Å². The first kappa shape index (κ1) is 7.91. The quantitative estimate of drug-likeness (QED) is 0.709. The van der Waals surface area contributed by atoms with E-state index in [1.165, 1.54) is 6.33 Å². The number of nitrogens with zero attached hydrogens (tertiary/aromatic N) is 3. The molecular formula is C9H10N4. The molecule has 0 saturated heterocycles. The van der Waals surface area contributed by atoms with Crippen LogP contribution < -0.4 is 5.32 Å². The van der Waals surface area contributed by atoms with Crippen LogP contribution in [-0.2, 0) is 0 Å². The number of anilines is 1. The summed E-state index contributed by atoms with van der Waals surface area (Å²) in [6, 6.07) is 1.97. The zero-order valence-electron chi connectivity index (χ0n) is 7.57. The molecule has 0 aliphatic carbocycles. The van der Waals surface area contributed by atoms with Crippen molar-refractivity contribution in [3.63, 3.8) is 0 Å². The summed E-state index contributed by atoms with van der Waals surface area (Å²) in [5.41, 5.74) is 1.83. The zero-order valence-corrected chi connectivity index (χ0v) is 7.57. The number of rotatable bonds is 1. The lowest BCUT2D eigenvalue weighted by molar-refractivity contribution is 1.16. The van der Waals surface area contributed by atoms with Crippen LogP contribution in [-0.4, -0.2) is 22.0 Å². The molecule has 4 nitrogen and oxygen atoms in total. The van der Waals surface area contributed by atoms with Crippen molar-refractivity contribution in [2.45, 2.75) is 6.92 Å². The fourth-order valence-electron chi connectivity index (χ4n) is 1.30. The fraction of sp³-hybridized carbons (Fsp3) is 0.222. The second-order valence-electron chi connectivity index (χ2n) is 2.82. The van der Waals surface area contributed by atoms with Gasteiger partial charge in [0.25, 0.3) is 0 Å². The van der Waals surface area contributed by atoms with Gasteiger partial charge in [-0.2, -0.15) is 0 Å². The van der Waals surface area contributed by atoms with E-state index in [2.05, 4.69) is 20.3 Å². The van der Waals surface area contributed by atoms with Gasteiger partial charge in [0, 0.05) is 24.3 Å². The van der Waals surface area contributed by atoms with Crippen molar-refractivity contribution in [1.82, 2.24) is 15.0 Å². The van der Waals surface area contributed by atoms with E-state index in [-0.39, 0.29) is 0 Å². The van der Waals surface area contributed by atoms with Crippen LogP contribution in [0.3, 0.4) is 0 Å². The lowest BCUT2D eigenvalue weighted by Gasteiger charge is -2.04. The third-order valence-corrected chi connectivity index (χ3v) is 1.85. The zero-order chi connectivity index (χ0) is 9.26. The smallest absolute Gasteiger partial charge is 0.152 e. The number of nitrogens with one attached hydrogen (secondary N) is 1. The number of hydrogen-bond acceptors (Lipinski definition) is 4. The molecule has 2 rings (SSSR count). The van der Waals surface area contributed by atoms with Crippen molar-refractivity contribution in [3.05, 3.63) is 24.3 Å². The van der Waals surface area contributed by atoms with E-state index in [0.29, 0.717) is 0 Å². The van der Waals surface area contributed by atoms with E-state index in [1.807, 2.05) is 20.0 Å². The maximum absolute atomic E-state index is 4.32. The molecule has 2 heterocycles. The van der Waals surface area contributed by atoms with Crippen molar-refractivity contribution in [1.29, 1.82) is 0 Å². The number of hydrogen-bond donors (Lipinski definition) is 1. The second-order valence-corrected chi connectivity index (χ2v) is 2.82. The summed E-state index contributed by atoms with van der Waals surface area (Å²) in [6.45, 7) is 1.95. The van der Waals surface area contributed by atoms with E-state index in [9.17, 15) is 0 Å².